The Labute approximate surface area is 128 Å². The smallest absolute Gasteiger partial charge is 0.269 e. The first kappa shape index (κ1) is 15.6. The highest BCUT2D eigenvalue weighted by molar-refractivity contribution is 5.43. The molecule has 0 heterocycles. The molecular formula is C16H17NO5. The number of hydrogen-bond donors (Lipinski definition) is 0. The van der Waals surface area contributed by atoms with Gasteiger partial charge in [-0.2, -0.15) is 0 Å². The van der Waals surface area contributed by atoms with Crippen molar-refractivity contribution in [2.24, 2.45) is 0 Å². The van der Waals surface area contributed by atoms with Gasteiger partial charge in [-0.3, -0.25) is 10.1 Å². The first-order valence-electron chi connectivity index (χ1n) is 6.72. The van der Waals surface area contributed by atoms with Crippen LogP contribution in [0.25, 0.3) is 0 Å². The van der Waals surface area contributed by atoms with Crippen LogP contribution in [0.1, 0.15) is 5.56 Å². The van der Waals surface area contributed by atoms with Crippen molar-refractivity contribution in [3.05, 3.63) is 58.1 Å². The second-order valence-corrected chi connectivity index (χ2v) is 4.54. The molecule has 0 saturated heterocycles. The molecule has 2 rings (SSSR count). The fourth-order valence-electron chi connectivity index (χ4n) is 1.99. The van der Waals surface area contributed by atoms with Gasteiger partial charge in [0.1, 0.15) is 5.75 Å². The first-order chi connectivity index (χ1) is 10.6. The SMILES string of the molecule is COc1ccc(CCOc2ccc([N+](=O)[O-])cc2)cc1OC. The van der Waals surface area contributed by atoms with Gasteiger partial charge in [-0.1, -0.05) is 6.07 Å². The number of nitro benzene ring substituents is 1. The number of hydrogen-bond acceptors (Lipinski definition) is 5. The molecule has 22 heavy (non-hydrogen) atoms. The van der Waals surface area contributed by atoms with Crippen molar-refractivity contribution in [3.8, 4) is 17.2 Å². The van der Waals surface area contributed by atoms with Crippen molar-refractivity contribution in [2.75, 3.05) is 20.8 Å². The van der Waals surface area contributed by atoms with Crippen molar-refractivity contribution in [2.45, 2.75) is 6.42 Å². The Bertz CT molecular complexity index is 639. The Hall–Kier alpha value is -2.76. The van der Waals surface area contributed by atoms with E-state index in [-0.39, 0.29) is 5.69 Å². The van der Waals surface area contributed by atoms with Gasteiger partial charge in [0, 0.05) is 18.6 Å². The Morgan fingerprint density at radius 1 is 1.00 bits per heavy atom. The van der Waals surface area contributed by atoms with E-state index >= 15 is 0 Å². The van der Waals surface area contributed by atoms with E-state index in [1.165, 1.54) is 12.1 Å². The van der Waals surface area contributed by atoms with E-state index in [4.69, 9.17) is 14.2 Å². The Kier molecular flexibility index (Phi) is 5.19. The van der Waals surface area contributed by atoms with Crippen LogP contribution in [0.2, 0.25) is 0 Å². The zero-order valence-electron chi connectivity index (χ0n) is 12.4. The summed E-state index contributed by atoms with van der Waals surface area (Å²) >= 11 is 0. The Morgan fingerprint density at radius 2 is 1.68 bits per heavy atom. The van der Waals surface area contributed by atoms with Gasteiger partial charge in [-0.05, 0) is 29.8 Å². The Balaban J connectivity index is 1.92. The number of rotatable bonds is 7. The van der Waals surface area contributed by atoms with Crippen LogP contribution in [-0.2, 0) is 6.42 Å². The van der Waals surface area contributed by atoms with E-state index in [1.54, 1.807) is 26.4 Å². The summed E-state index contributed by atoms with van der Waals surface area (Å²) in [6.45, 7) is 0.466. The summed E-state index contributed by atoms with van der Waals surface area (Å²) in [7, 11) is 3.18. The lowest BCUT2D eigenvalue weighted by Crippen LogP contribution is -2.02. The fraction of sp³-hybridized carbons (Fsp3) is 0.250. The highest BCUT2D eigenvalue weighted by atomic mass is 16.6. The van der Waals surface area contributed by atoms with Gasteiger partial charge in [0.25, 0.3) is 5.69 Å². The van der Waals surface area contributed by atoms with Crippen LogP contribution in [0.4, 0.5) is 5.69 Å². The molecule has 0 aromatic heterocycles. The lowest BCUT2D eigenvalue weighted by Gasteiger charge is -2.10. The third kappa shape index (κ3) is 3.88. The van der Waals surface area contributed by atoms with E-state index in [1.807, 2.05) is 18.2 Å². The zero-order chi connectivity index (χ0) is 15.9. The highest BCUT2D eigenvalue weighted by Gasteiger charge is 2.06. The number of non-ortho nitro benzene ring substituents is 1. The van der Waals surface area contributed by atoms with Crippen molar-refractivity contribution in [3.63, 3.8) is 0 Å². The monoisotopic (exact) mass is 303 g/mol. The zero-order valence-corrected chi connectivity index (χ0v) is 12.4. The third-order valence-electron chi connectivity index (χ3n) is 3.15. The average molecular weight is 303 g/mol. The molecule has 0 spiro atoms. The van der Waals surface area contributed by atoms with E-state index in [2.05, 4.69) is 0 Å². The van der Waals surface area contributed by atoms with Gasteiger partial charge in [-0.15, -0.1) is 0 Å². The molecular weight excluding hydrogens is 286 g/mol. The van der Waals surface area contributed by atoms with Crippen LogP contribution in [0.3, 0.4) is 0 Å². The molecule has 6 heteroatoms. The van der Waals surface area contributed by atoms with Crippen molar-refractivity contribution < 1.29 is 19.1 Å². The molecule has 0 amide bonds. The maximum absolute atomic E-state index is 10.6. The van der Waals surface area contributed by atoms with Gasteiger partial charge in [0.2, 0.25) is 0 Å². The van der Waals surface area contributed by atoms with Crippen molar-refractivity contribution in [1.29, 1.82) is 0 Å². The quantitative estimate of drug-likeness (QED) is 0.580. The summed E-state index contributed by atoms with van der Waals surface area (Å²) in [5.74, 6) is 1.96. The second kappa shape index (κ2) is 7.31. The lowest BCUT2D eigenvalue weighted by atomic mass is 10.1. The van der Waals surface area contributed by atoms with Crippen LogP contribution in [0.5, 0.6) is 17.2 Å². The van der Waals surface area contributed by atoms with Gasteiger partial charge >= 0.3 is 0 Å². The maximum atomic E-state index is 10.6. The molecule has 116 valence electrons. The minimum absolute atomic E-state index is 0.0484. The minimum Gasteiger partial charge on any atom is -0.493 e. The number of nitrogens with zero attached hydrogens (tertiary/aromatic N) is 1. The molecule has 0 atom stereocenters. The molecule has 0 bridgehead atoms. The summed E-state index contributed by atoms with van der Waals surface area (Å²) < 4.78 is 16.0. The number of benzene rings is 2. The fourth-order valence-corrected chi connectivity index (χ4v) is 1.99. The highest BCUT2D eigenvalue weighted by Crippen LogP contribution is 2.27. The van der Waals surface area contributed by atoms with E-state index in [9.17, 15) is 10.1 Å². The van der Waals surface area contributed by atoms with Gasteiger partial charge in [0.05, 0.1) is 25.7 Å². The lowest BCUT2D eigenvalue weighted by molar-refractivity contribution is -0.384. The van der Waals surface area contributed by atoms with E-state index in [0.717, 1.165) is 5.56 Å². The summed E-state index contributed by atoms with van der Waals surface area (Å²) in [4.78, 5) is 10.1. The molecule has 2 aromatic carbocycles. The van der Waals surface area contributed by atoms with Crippen LogP contribution in [-0.4, -0.2) is 25.7 Å². The largest absolute Gasteiger partial charge is 0.493 e. The topological polar surface area (TPSA) is 70.8 Å². The number of ether oxygens (including phenoxy) is 3. The van der Waals surface area contributed by atoms with Crippen LogP contribution in [0.15, 0.2) is 42.5 Å². The Morgan fingerprint density at radius 3 is 2.27 bits per heavy atom. The number of methoxy groups -OCH3 is 2. The predicted octanol–water partition coefficient (Wildman–Crippen LogP) is 3.23. The predicted molar refractivity (Wildman–Crippen MR) is 81.8 cm³/mol. The molecule has 0 saturated carbocycles. The van der Waals surface area contributed by atoms with Gasteiger partial charge in [-0.25, -0.2) is 0 Å². The van der Waals surface area contributed by atoms with Crippen LogP contribution < -0.4 is 14.2 Å². The maximum Gasteiger partial charge on any atom is 0.269 e. The summed E-state index contributed by atoms with van der Waals surface area (Å²) in [6.07, 6.45) is 0.692. The molecule has 6 nitrogen and oxygen atoms in total. The third-order valence-corrected chi connectivity index (χ3v) is 3.15. The van der Waals surface area contributed by atoms with Gasteiger partial charge < -0.3 is 14.2 Å². The molecule has 0 aliphatic rings. The standard InChI is InChI=1S/C16H17NO5/c1-20-15-8-3-12(11-16(15)21-2)9-10-22-14-6-4-13(5-7-14)17(18)19/h3-8,11H,9-10H2,1-2H3. The minimum atomic E-state index is -0.437. The molecule has 0 N–H and O–H groups in total. The van der Waals surface area contributed by atoms with Crippen LogP contribution >= 0.6 is 0 Å². The van der Waals surface area contributed by atoms with E-state index in [0.29, 0.717) is 30.3 Å². The van der Waals surface area contributed by atoms with Crippen molar-refractivity contribution >= 4 is 5.69 Å². The molecule has 0 aliphatic carbocycles. The second-order valence-electron chi connectivity index (χ2n) is 4.54. The summed E-state index contributed by atoms with van der Waals surface area (Å²) in [6, 6.07) is 11.7. The average Bonchev–Trinajstić information content (AvgIpc) is 2.55. The van der Waals surface area contributed by atoms with Crippen LogP contribution in [0, 0.1) is 10.1 Å². The molecule has 0 unspecified atom stereocenters. The molecule has 2 aromatic rings. The van der Waals surface area contributed by atoms with Crippen molar-refractivity contribution in [1.82, 2.24) is 0 Å². The summed E-state index contributed by atoms with van der Waals surface area (Å²) in [5.41, 5.74) is 1.10. The molecule has 0 aliphatic heterocycles. The molecule has 0 radical (unpaired) electrons. The van der Waals surface area contributed by atoms with Gasteiger partial charge in [0.15, 0.2) is 11.5 Å². The summed E-state index contributed by atoms with van der Waals surface area (Å²) in [5, 5.41) is 10.6. The normalized spacial score (nSPS) is 10.1. The molecule has 0 fully saturated rings. The van der Waals surface area contributed by atoms with E-state index < -0.39 is 4.92 Å². The first-order valence-corrected chi connectivity index (χ1v) is 6.72. The number of nitro groups is 1.